The summed E-state index contributed by atoms with van der Waals surface area (Å²) >= 11 is -2.32. The van der Waals surface area contributed by atoms with Gasteiger partial charge in [0.15, 0.2) is 0 Å². The number of hydrogen-bond acceptors (Lipinski definition) is 6. The van der Waals surface area contributed by atoms with Crippen molar-refractivity contribution in [3.05, 3.63) is 0 Å². The first-order chi connectivity index (χ1) is 7.46. The third kappa shape index (κ3) is 5.22. The molecule has 16 heavy (non-hydrogen) atoms. The zero-order valence-electron chi connectivity index (χ0n) is 9.34. The van der Waals surface area contributed by atoms with E-state index in [4.69, 9.17) is 9.94 Å². The van der Waals surface area contributed by atoms with E-state index in [2.05, 4.69) is 5.16 Å². The second kappa shape index (κ2) is 7.34. The molecule has 0 spiro atoms. The standard InChI is InChI=1S/C9H17NO5S/c1-3-15-8(11)9(2,7-16(13)14)5-4-6-10-12/h6,12H,3-5,7H2,1-2H3,(H,13,14)/p-1/t9-/m0/s1. The topological polar surface area (TPSA) is 99.0 Å². The van der Waals surface area contributed by atoms with Crippen molar-refractivity contribution in [1.82, 2.24) is 0 Å². The zero-order chi connectivity index (χ0) is 12.6. The number of esters is 1. The molecule has 0 heterocycles. The van der Waals surface area contributed by atoms with Gasteiger partial charge < -0.3 is 14.5 Å². The first kappa shape index (κ1) is 15.0. The average Bonchev–Trinajstić information content (AvgIpc) is 2.17. The van der Waals surface area contributed by atoms with Gasteiger partial charge in [-0.15, -0.1) is 5.16 Å². The fraction of sp³-hybridized carbons (Fsp3) is 0.778. The van der Waals surface area contributed by atoms with Crippen LogP contribution in [0.5, 0.6) is 0 Å². The Morgan fingerprint density at radius 3 is 2.75 bits per heavy atom. The SMILES string of the molecule is CCOC(=O)[C@@](C)(CCC=NO)CS(=O)[O-]. The van der Waals surface area contributed by atoms with E-state index in [1.165, 1.54) is 13.1 Å². The number of rotatable bonds is 7. The second-order valence-corrected chi connectivity index (χ2v) is 4.46. The molecule has 6 nitrogen and oxygen atoms in total. The lowest BCUT2D eigenvalue weighted by molar-refractivity contribution is -0.153. The predicted octanol–water partition coefficient (Wildman–Crippen LogP) is 0.675. The Morgan fingerprint density at radius 2 is 2.31 bits per heavy atom. The van der Waals surface area contributed by atoms with Gasteiger partial charge in [-0.1, -0.05) is 11.1 Å². The molecule has 0 saturated heterocycles. The molecule has 0 amide bonds. The highest BCUT2D eigenvalue weighted by Crippen LogP contribution is 2.25. The molecule has 0 rings (SSSR count). The van der Waals surface area contributed by atoms with Crippen LogP contribution in [-0.2, 0) is 20.6 Å². The molecule has 0 bridgehead atoms. The summed E-state index contributed by atoms with van der Waals surface area (Å²) in [6.07, 6.45) is 1.78. The minimum atomic E-state index is -2.32. The van der Waals surface area contributed by atoms with E-state index in [9.17, 15) is 13.6 Å². The van der Waals surface area contributed by atoms with Crippen LogP contribution in [0.25, 0.3) is 0 Å². The highest BCUT2D eigenvalue weighted by molar-refractivity contribution is 7.79. The Morgan fingerprint density at radius 1 is 1.69 bits per heavy atom. The van der Waals surface area contributed by atoms with Gasteiger partial charge in [-0.05, 0) is 26.7 Å². The average molecular weight is 250 g/mol. The van der Waals surface area contributed by atoms with E-state index in [0.29, 0.717) is 6.42 Å². The van der Waals surface area contributed by atoms with Gasteiger partial charge in [-0.3, -0.25) is 9.00 Å². The molecular formula is C9H16NO5S-. The van der Waals surface area contributed by atoms with Gasteiger partial charge >= 0.3 is 5.97 Å². The fourth-order valence-corrected chi connectivity index (χ4v) is 2.02. The van der Waals surface area contributed by atoms with Crippen molar-refractivity contribution in [2.75, 3.05) is 12.4 Å². The molecule has 0 radical (unpaired) electrons. The number of carbonyl (C=O) groups excluding carboxylic acids is 1. The molecule has 1 unspecified atom stereocenters. The Kier molecular flexibility index (Phi) is 6.91. The smallest absolute Gasteiger partial charge is 0.312 e. The minimum Gasteiger partial charge on any atom is -0.772 e. The summed E-state index contributed by atoms with van der Waals surface area (Å²) in [5, 5.41) is 11.0. The first-order valence-corrected chi connectivity index (χ1v) is 6.09. The van der Waals surface area contributed by atoms with Crippen molar-refractivity contribution in [2.45, 2.75) is 26.7 Å². The van der Waals surface area contributed by atoms with Crippen molar-refractivity contribution in [3.63, 3.8) is 0 Å². The van der Waals surface area contributed by atoms with E-state index in [1.54, 1.807) is 6.92 Å². The quantitative estimate of drug-likeness (QED) is 0.235. The van der Waals surface area contributed by atoms with Crippen LogP contribution in [0.15, 0.2) is 5.16 Å². The summed E-state index contributed by atoms with van der Waals surface area (Å²) in [5.74, 6) is -0.851. The summed E-state index contributed by atoms with van der Waals surface area (Å²) in [6, 6.07) is 0. The summed E-state index contributed by atoms with van der Waals surface area (Å²) < 4.78 is 26.2. The second-order valence-electron chi connectivity index (χ2n) is 3.57. The molecule has 0 aromatic heterocycles. The number of oxime groups is 1. The lowest BCUT2D eigenvalue weighted by Crippen LogP contribution is -2.35. The minimum absolute atomic E-state index is 0.202. The summed E-state index contributed by atoms with van der Waals surface area (Å²) in [6.45, 7) is 3.38. The lowest BCUT2D eigenvalue weighted by Gasteiger charge is -2.27. The van der Waals surface area contributed by atoms with Gasteiger partial charge in [0, 0.05) is 12.0 Å². The number of carbonyl (C=O) groups is 1. The molecule has 7 heteroatoms. The molecule has 1 N–H and O–H groups in total. The molecule has 0 saturated carbocycles. The highest BCUT2D eigenvalue weighted by atomic mass is 32.2. The fourth-order valence-electron chi connectivity index (χ4n) is 1.24. The van der Waals surface area contributed by atoms with Crippen LogP contribution in [0.2, 0.25) is 0 Å². The van der Waals surface area contributed by atoms with Crippen LogP contribution in [0.1, 0.15) is 26.7 Å². The monoisotopic (exact) mass is 250 g/mol. The number of hydrogen-bond donors (Lipinski definition) is 1. The van der Waals surface area contributed by atoms with Gasteiger partial charge in [0.1, 0.15) is 0 Å². The van der Waals surface area contributed by atoms with E-state index in [-0.39, 0.29) is 18.8 Å². The maximum Gasteiger partial charge on any atom is 0.312 e. The number of ether oxygens (including phenoxy) is 1. The summed E-state index contributed by atoms with van der Waals surface area (Å²) in [5.41, 5.74) is -1.09. The van der Waals surface area contributed by atoms with Crippen LogP contribution >= 0.6 is 0 Å². The number of nitrogens with zero attached hydrogens (tertiary/aromatic N) is 1. The van der Waals surface area contributed by atoms with Gasteiger partial charge in [0.05, 0.1) is 12.0 Å². The van der Waals surface area contributed by atoms with Gasteiger partial charge in [-0.2, -0.15) is 0 Å². The molecule has 0 aromatic rings. The molecule has 94 valence electrons. The molecule has 0 aromatic carbocycles. The largest absolute Gasteiger partial charge is 0.772 e. The third-order valence-corrected chi connectivity index (χ3v) is 2.98. The third-order valence-electron chi connectivity index (χ3n) is 2.11. The maximum absolute atomic E-state index is 11.6. The van der Waals surface area contributed by atoms with E-state index in [0.717, 1.165) is 0 Å². The van der Waals surface area contributed by atoms with Crippen molar-refractivity contribution in [1.29, 1.82) is 0 Å². The normalized spacial score (nSPS) is 16.9. The summed E-state index contributed by atoms with van der Waals surface area (Å²) in [7, 11) is 0. The van der Waals surface area contributed by atoms with Crippen LogP contribution in [0, 0.1) is 5.41 Å². The van der Waals surface area contributed by atoms with Crippen LogP contribution in [0.3, 0.4) is 0 Å². The van der Waals surface area contributed by atoms with E-state index in [1.807, 2.05) is 0 Å². The molecule has 0 aliphatic carbocycles. The first-order valence-electron chi connectivity index (χ1n) is 4.85. The Labute approximate surface area is 97.0 Å². The predicted molar refractivity (Wildman–Crippen MR) is 58.0 cm³/mol. The van der Waals surface area contributed by atoms with Gasteiger partial charge in [-0.25, -0.2) is 0 Å². The molecular weight excluding hydrogens is 234 g/mol. The summed E-state index contributed by atoms with van der Waals surface area (Å²) in [4.78, 5) is 11.6. The van der Waals surface area contributed by atoms with Crippen molar-refractivity contribution >= 4 is 23.3 Å². The van der Waals surface area contributed by atoms with Crippen molar-refractivity contribution in [2.24, 2.45) is 10.6 Å². The van der Waals surface area contributed by atoms with Crippen LogP contribution < -0.4 is 0 Å². The Bertz CT molecular complexity index is 281. The molecule has 0 aliphatic heterocycles. The van der Waals surface area contributed by atoms with E-state index < -0.39 is 22.5 Å². The molecule has 0 fully saturated rings. The highest BCUT2D eigenvalue weighted by Gasteiger charge is 2.34. The molecule has 2 atom stereocenters. The lowest BCUT2D eigenvalue weighted by atomic mass is 9.88. The van der Waals surface area contributed by atoms with Gasteiger partial charge in [0.2, 0.25) is 0 Å². The Hall–Kier alpha value is -0.950. The Balaban J connectivity index is 4.58. The van der Waals surface area contributed by atoms with Crippen LogP contribution in [0.4, 0.5) is 0 Å². The molecule has 0 aliphatic rings. The van der Waals surface area contributed by atoms with E-state index >= 15 is 0 Å². The van der Waals surface area contributed by atoms with Crippen LogP contribution in [-0.4, -0.2) is 38.5 Å². The van der Waals surface area contributed by atoms with Gasteiger partial charge in [0.25, 0.3) is 0 Å². The van der Waals surface area contributed by atoms with Crippen molar-refractivity contribution in [3.8, 4) is 0 Å². The maximum atomic E-state index is 11.6. The zero-order valence-corrected chi connectivity index (χ0v) is 10.2. The van der Waals surface area contributed by atoms with Crippen molar-refractivity contribution < 1.29 is 23.5 Å².